The van der Waals surface area contributed by atoms with E-state index in [-0.39, 0.29) is 11.8 Å². The Hall–Kier alpha value is -3.93. The van der Waals surface area contributed by atoms with Crippen LogP contribution in [0, 0.1) is 6.92 Å². The molecule has 0 bridgehead atoms. The fourth-order valence-corrected chi connectivity index (χ4v) is 3.47. The summed E-state index contributed by atoms with van der Waals surface area (Å²) in [5.74, 6) is -0.731. The molecule has 30 heavy (non-hydrogen) atoms. The molecule has 6 nitrogen and oxygen atoms in total. The minimum atomic E-state index is -1.54. The van der Waals surface area contributed by atoms with Crippen molar-refractivity contribution in [3.05, 3.63) is 96.1 Å². The molecule has 0 aromatic heterocycles. The standard InChI is InChI=1S/C24H22N4O2/c1-17-13-15-21(16-14-17)28-23(30)24(25-18(2)29,26-20-11-7-4-8-12-20)22(27-28)19-9-5-3-6-10-19/h3-16,26H,1-2H3,(H,25,29). The maximum absolute atomic E-state index is 13.8. The number of nitrogens with zero attached hydrogens (tertiary/aromatic N) is 2. The largest absolute Gasteiger partial charge is 0.350 e. The van der Waals surface area contributed by atoms with Gasteiger partial charge in [0.2, 0.25) is 11.6 Å². The van der Waals surface area contributed by atoms with Gasteiger partial charge in [0.15, 0.2) is 0 Å². The number of benzene rings is 3. The predicted octanol–water partition coefficient (Wildman–Crippen LogP) is 3.69. The van der Waals surface area contributed by atoms with E-state index in [1.54, 1.807) is 0 Å². The zero-order valence-corrected chi connectivity index (χ0v) is 16.8. The first-order valence-electron chi connectivity index (χ1n) is 9.67. The van der Waals surface area contributed by atoms with E-state index in [4.69, 9.17) is 0 Å². The van der Waals surface area contributed by atoms with Crippen molar-refractivity contribution in [1.82, 2.24) is 5.32 Å². The quantitative estimate of drug-likeness (QED) is 0.644. The summed E-state index contributed by atoms with van der Waals surface area (Å²) in [6.45, 7) is 3.37. The second-order valence-corrected chi connectivity index (χ2v) is 7.19. The minimum Gasteiger partial charge on any atom is -0.350 e. The van der Waals surface area contributed by atoms with Crippen molar-refractivity contribution >= 4 is 28.9 Å². The Kier molecular flexibility index (Phi) is 5.06. The van der Waals surface area contributed by atoms with Crippen LogP contribution in [0.4, 0.5) is 11.4 Å². The van der Waals surface area contributed by atoms with Crippen molar-refractivity contribution in [3.8, 4) is 0 Å². The Balaban J connectivity index is 1.88. The molecule has 0 spiro atoms. The third-order valence-corrected chi connectivity index (χ3v) is 4.86. The van der Waals surface area contributed by atoms with Crippen molar-refractivity contribution in [1.29, 1.82) is 0 Å². The van der Waals surface area contributed by atoms with Gasteiger partial charge < -0.3 is 10.6 Å². The van der Waals surface area contributed by atoms with Crippen LogP contribution in [0.15, 0.2) is 90.0 Å². The zero-order chi connectivity index (χ0) is 21.1. The molecule has 6 heteroatoms. The van der Waals surface area contributed by atoms with Crippen LogP contribution in [0.2, 0.25) is 0 Å². The highest BCUT2D eigenvalue weighted by atomic mass is 16.2. The van der Waals surface area contributed by atoms with Crippen LogP contribution in [0.5, 0.6) is 0 Å². The minimum absolute atomic E-state index is 0.346. The molecule has 1 aliphatic heterocycles. The lowest BCUT2D eigenvalue weighted by molar-refractivity contribution is -0.127. The maximum Gasteiger partial charge on any atom is 0.300 e. The Labute approximate surface area is 175 Å². The third-order valence-electron chi connectivity index (χ3n) is 4.86. The Morgan fingerprint density at radius 1 is 0.900 bits per heavy atom. The Bertz CT molecular complexity index is 1100. The number of amides is 2. The van der Waals surface area contributed by atoms with E-state index >= 15 is 0 Å². The van der Waals surface area contributed by atoms with Crippen LogP contribution >= 0.6 is 0 Å². The van der Waals surface area contributed by atoms with Crippen molar-refractivity contribution < 1.29 is 9.59 Å². The summed E-state index contributed by atoms with van der Waals surface area (Å²) >= 11 is 0. The molecule has 4 rings (SSSR count). The lowest BCUT2D eigenvalue weighted by Gasteiger charge is -2.31. The van der Waals surface area contributed by atoms with Gasteiger partial charge in [-0.2, -0.15) is 10.1 Å². The van der Waals surface area contributed by atoms with Gasteiger partial charge in [-0.15, -0.1) is 0 Å². The van der Waals surface area contributed by atoms with Crippen LogP contribution in [0.3, 0.4) is 0 Å². The average Bonchev–Trinajstić information content (AvgIpc) is 3.01. The molecule has 1 heterocycles. The summed E-state index contributed by atoms with van der Waals surface area (Å²) < 4.78 is 0. The topological polar surface area (TPSA) is 73.8 Å². The van der Waals surface area contributed by atoms with Gasteiger partial charge >= 0.3 is 5.91 Å². The zero-order valence-electron chi connectivity index (χ0n) is 16.8. The fraction of sp³-hybridized carbons (Fsp3) is 0.125. The van der Waals surface area contributed by atoms with Gasteiger partial charge in [-0.3, -0.25) is 9.59 Å². The third kappa shape index (κ3) is 3.55. The van der Waals surface area contributed by atoms with Crippen molar-refractivity contribution in [2.45, 2.75) is 19.5 Å². The molecular weight excluding hydrogens is 376 g/mol. The molecule has 2 N–H and O–H groups in total. The number of hydrogen-bond acceptors (Lipinski definition) is 4. The lowest BCUT2D eigenvalue weighted by Crippen LogP contribution is -2.64. The van der Waals surface area contributed by atoms with Gasteiger partial charge in [0, 0.05) is 18.2 Å². The highest BCUT2D eigenvalue weighted by Crippen LogP contribution is 2.31. The second kappa shape index (κ2) is 7.83. The number of carbonyl (C=O) groups is 2. The van der Waals surface area contributed by atoms with E-state index in [2.05, 4.69) is 15.7 Å². The van der Waals surface area contributed by atoms with Crippen LogP contribution in [0.1, 0.15) is 18.1 Å². The normalized spacial score (nSPS) is 18.1. The molecule has 3 aromatic rings. The average molecular weight is 398 g/mol. The number of anilines is 2. The summed E-state index contributed by atoms with van der Waals surface area (Å²) in [6, 6.07) is 26.2. The van der Waals surface area contributed by atoms with E-state index in [1.807, 2.05) is 91.9 Å². The van der Waals surface area contributed by atoms with Gasteiger partial charge in [-0.1, -0.05) is 66.2 Å². The van der Waals surface area contributed by atoms with Crippen LogP contribution in [-0.4, -0.2) is 23.2 Å². The summed E-state index contributed by atoms with van der Waals surface area (Å²) in [4.78, 5) is 26.0. The number of hydrazone groups is 1. The lowest BCUT2D eigenvalue weighted by atomic mass is 9.95. The van der Waals surface area contributed by atoms with Crippen LogP contribution in [0.25, 0.3) is 0 Å². The van der Waals surface area contributed by atoms with Crippen molar-refractivity contribution in [2.75, 3.05) is 10.3 Å². The highest BCUT2D eigenvalue weighted by molar-refractivity contribution is 6.30. The Morgan fingerprint density at radius 2 is 1.50 bits per heavy atom. The predicted molar refractivity (Wildman–Crippen MR) is 118 cm³/mol. The molecule has 3 aromatic carbocycles. The van der Waals surface area contributed by atoms with Crippen LogP contribution < -0.4 is 15.6 Å². The molecule has 0 aliphatic carbocycles. The van der Waals surface area contributed by atoms with Crippen molar-refractivity contribution in [3.63, 3.8) is 0 Å². The molecule has 1 aliphatic rings. The smallest absolute Gasteiger partial charge is 0.300 e. The first-order valence-corrected chi connectivity index (χ1v) is 9.67. The monoisotopic (exact) mass is 398 g/mol. The summed E-state index contributed by atoms with van der Waals surface area (Å²) in [7, 11) is 0. The number of hydrogen-bond donors (Lipinski definition) is 2. The van der Waals surface area contributed by atoms with E-state index < -0.39 is 5.66 Å². The molecule has 150 valence electrons. The van der Waals surface area contributed by atoms with E-state index in [0.29, 0.717) is 17.1 Å². The number of nitrogens with one attached hydrogen (secondary N) is 2. The van der Waals surface area contributed by atoms with Gasteiger partial charge in [0.05, 0.1) is 5.69 Å². The maximum atomic E-state index is 13.8. The second-order valence-electron chi connectivity index (χ2n) is 7.19. The SMILES string of the molecule is CC(=O)NC1(Nc2ccccc2)C(=O)N(c2ccc(C)cc2)N=C1c1ccccc1. The molecule has 1 atom stereocenters. The molecule has 0 saturated carbocycles. The molecule has 0 fully saturated rings. The van der Waals surface area contributed by atoms with E-state index in [9.17, 15) is 9.59 Å². The van der Waals surface area contributed by atoms with Gasteiger partial charge in [-0.05, 0) is 31.2 Å². The molecule has 0 saturated heterocycles. The number of carbonyl (C=O) groups excluding carboxylic acids is 2. The number of para-hydroxylation sites is 1. The van der Waals surface area contributed by atoms with Gasteiger partial charge in [-0.25, -0.2) is 0 Å². The van der Waals surface area contributed by atoms with Crippen LogP contribution in [-0.2, 0) is 9.59 Å². The molecule has 1 unspecified atom stereocenters. The molecule has 0 radical (unpaired) electrons. The highest BCUT2D eigenvalue weighted by Gasteiger charge is 2.53. The first-order chi connectivity index (χ1) is 14.5. The van der Waals surface area contributed by atoms with Crippen molar-refractivity contribution in [2.24, 2.45) is 5.10 Å². The summed E-state index contributed by atoms with van der Waals surface area (Å²) in [6.07, 6.45) is 0. The number of aryl methyl sites for hydroxylation is 1. The summed E-state index contributed by atoms with van der Waals surface area (Å²) in [5.41, 5.74) is 2.01. The van der Waals surface area contributed by atoms with E-state index in [0.717, 1.165) is 11.1 Å². The van der Waals surface area contributed by atoms with Gasteiger partial charge in [0.25, 0.3) is 0 Å². The summed E-state index contributed by atoms with van der Waals surface area (Å²) in [5, 5.41) is 12.1. The molecule has 2 amide bonds. The fourth-order valence-electron chi connectivity index (χ4n) is 3.47. The molecular formula is C24H22N4O2. The number of rotatable bonds is 5. The Morgan fingerprint density at radius 3 is 2.10 bits per heavy atom. The van der Waals surface area contributed by atoms with Gasteiger partial charge in [0.1, 0.15) is 5.71 Å². The first kappa shape index (κ1) is 19.4. The van der Waals surface area contributed by atoms with E-state index in [1.165, 1.54) is 11.9 Å².